The molecular weight excluding hydrogens is 362 g/mol. The molecule has 5 nitrogen and oxygen atoms in total. The molecular formula is C21H25NO4S. The average Bonchev–Trinajstić information content (AvgIpc) is 2.66. The summed E-state index contributed by atoms with van der Waals surface area (Å²) in [6.07, 6.45) is 1.45. The molecule has 2 aromatic rings. The second-order valence-corrected chi connectivity index (χ2v) is 8.90. The van der Waals surface area contributed by atoms with Crippen molar-refractivity contribution in [3.63, 3.8) is 0 Å². The fourth-order valence-corrected chi connectivity index (χ4v) is 5.69. The van der Waals surface area contributed by atoms with Crippen molar-refractivity contribution in [3.8, 4) is 0 Å². The van der Waals surface area contributed by atoms with E-state index < -0.39 is 15.3 Å². The second-order valence-electron chi connectivity index (χ2n) is 6.83. The van der Waals surface area contributed by atoms with Crippen molar-refractivity contribution in [2.24, 2.45) is 0 Å². The Hall–Kier alpha value is -2.18. The number of hydrogen-bond acceptors (Lipinski definition) is 4. The number of carbonyl (C=O) groups is 1. The molecule has 0 radical (unpaired) electrons. The van der Waals surface area contributed by atoms with E-state index in [0.717, 1.165) is 17.5 Å². The van der Waals surface area contributed by atoms with Crippen LogP contribution in [0.4, 0.5) is 0 Å². The molecule has 2 atom stereocenters. The molecule has 3 rings (SSSR count). The van der Waals surface area contributed by atoms with Gasteiger partial charge in [0.1, 0.15) is 5.25 Å². The van der Waals surface area contributed by atoms with Crippen LogP contribution in [-0.4, -0.2) is 31.3 Å². The summed E-state index contributed by atoms with van der Waals surface area (Å²) < 4.78 is 33.1. The molecule has 0 amide bonds. The van der Waals surface area contributed by atoms with Gasteiger partial charge in [0, 0.05) is 12.6 Å². The first-order valence-electron chi connectivity index (χ1n) is 9.25. The molecule has 6 heteroatoms. The lowest BCUT2D eigenvalue weighted by Crippen LogP contribution is -2.44. The third-order valence-electron chi connectivity index (χ3n) is 5.00. The van der Waals surface area contributed by atoms with Gasteiger partial charge in [-0.05, 0) is 49.9 Å². The van der Waals surface area contributed by atoms with Gasteiger partial charge >= 0.3 is 5.97 Å². The van der Waals surface area contributed by atoms with E-state index in [9.17, 15) is 13.2 Å². The molecule has 1 aliphatic heterocycles. The van der Waals surface area contributed by atoms with Crippen LogP contribution < -0.4 is 0 Å². The Kier molecular flexibility index (Phi) is 5.97. The summed E-state index contributed by atoms with van der Waals surface area (Å²) in [5, 5.41) is -0.506. The van der Waals surface area contributed by atoms with Crippen molar-refractivity contribution in [1.82, 2.24) is 4.31 Å². The Morgan fingerprint density at radius 2 is 1.74 bits per heavy atom. The first-order valence-corrected chi connectivity index (χ1v) is 10.8. The van der Waals surface area contributed by atoms with Gasteiger partial charge in [0.25, 0.3) is 0 Å². The SMILES string of the molecule is CCOC(=O)c1ccc(CN2C(C)CC[C@@H](c3ccccc3)S2(=O)=O)cc1. The highest BCUT2D eigenvalue weighted by molar-refractivity contribution is 7.89. The third kappa shape index (κ3) is 4.22. The summed E-state index contributed by atoms with van der Waals surface area (Å²) >= 11 is 0. The standard InChI is InChI=1S/C21H25NO4S/c1-3-26-21(23)19-12-10-17(11-13-19)15-22-16(2)9-14-20(27(22,24)25)18-7-5-4-6-8-18/h4-8,10-13,16,20H,3,9,14-15H2,1-2H3/t16?,20-/m0/s1. The maximum absolute atomic E-state index is 13.2. The Balaban J connectivity index is 1.81. The lowest BCUT2D eigenvalue weighted by molar-refractivity contribution is 0.0526. The van der Waals surface area contributed by atoms with Crippen LogP contribution in [0.25, 0.3) is 0 Å². The zero-order valence-electron chi connectivity index (χ0n) is 15.7. The van der Waals surface area contributed by atoms with E-state index in [1.807, 2.05) is 37.3 Å². The number of rotatable bonds is 5. The molecule has 1 fully saturated rings. The number of sulfonamides is 1. The summed E-state index contributed by atoms with van der Waals surface area (Å²) in [5.74, 6) is -0.368. The molecule has 0 aliphatic carbocycles. The fraction of sp³-hybridized carbons (Fsp3) is 0.381. The fourth-order valence-electron chi connectivity index (χ4n) is 3.49. The number of benzene rings is 2. The summed E-state index contributed by atoms with van der Waals surface area (Å²) in [5.41, 5.74) is 2.16. The van der Waals surface area contributed by atoms with Crippen molar-refractivity contribution in [3.05, 3.63) is 71.3 Å². The summed E-state index contributed by atoms with van der Waals surface area (Å²) in [6, 6.07) is 16.3. The first-order chi connectivity index (χ1) is 12.9. The van der Waals surface area contributed by atoms with Crippen molar-refractivity contribution in [1.29, 1.82) is 0 Å². The number of nitrogens with zero attached hydrogens (tertiary/aromatic N) is 1. The van der Waals surface area contributed by atoms with E-state index in [4.69, 9.17) is 4.74 Å². The third-order valence-corrected chi connectivity index (χ3v) is 7.37. The number of hydrogen-bond donors (Lipinski definition) is 0. The molecule has 0 spiro atoms. The predicted octanol–water partition coefficient (Wildman–Crippen LogP) is 3.92. The van der Waals surface area contributed by atoms with Crippen LogP contribution in [0, 0.1) is 0 Å². The minimum Gasteiger partial charge on any atom is -0.462 e. The Morgan fingerprint density at radius 3 is 2.37 bits per heavy atom. The first kappa shape index (κ1) is 19.6. The highest BCUT2D eigenvalue weighted by Crippen LogP contribution is 2.37. The molecule has 0 saturated carbocycles. The largest absolute Gasteiger partial charge is 0.462 e. The zero-order chi connectivity index (χ0) is 19.4. The molecule has 0 aromatic heterocycles. The van der Waals surface area contributed by atoms with Crippen LogP contribution in [0.2, 0.25) is 0 Å². The van der Waals surface area contributed by atoms with Gasteiger partial charge < -0.3 is 4.74 Å². The van der Waals surface area contributed by atoms with Gasteiger partial charge in [0.05, 0.1) is 12.2 Å². The van der Waals surface area contributed by atoms with Gasteiger partial charge in [-0.3, -0.25) is 0 Å². The van der Waals surface area contributed by atoms with E-state index in [2.05, 4.69) is 0 Å². The molecule has 1 saturated heterocycles. The quantitative estimate of drug-likeness (QED) is 0.730. The average molecular weight is 388 g/mol. The molecule has 0 N–H and O–H groups in total. The summed E-state index contributed by atoms with van der Waals surface area (Å²) in [7, 11) is -3.46. The normalized spacial score (nSPS) is 22.3. The minimum absolute atomic E-state index is 0.0558. The Labute approximate surface area is 161 Å². The number of esters is 1. The van der Waals surface area contributed by atoms with Gasteiger partial charge in [0.15, 0.2) is 0 Å². The van der Waals surface area contributed by atoms with Crippen molar-refractivity contribution >= 4 is 16.0 Å². The smallest absolute Gasteiger partial charge is 0.338 e. The lowest BCUT2D eigenvalue weighted by Gasteiger charge is -2.37. The molecule has 2 aromatic carbocycles. The molecule has 27 heavy (non-hydrogen) atoms. The molecule has 1 aliphatic rings. The van der Waals surface area contributed by atoms with Gasteiger partial charge in [-0.15, -0.1) is 0 Å². The van der Waals surface area contributed by atoms with Crippen LogP contribution in [-0.2, 0) is 21.3 Å². The maximum atomic E-state index is 13.2. The van der Waals surface area contributed by atoms with E-state index in [1.54, 1.807) is 35.5 Å². The predicted molar refractivity (Wildman–Crippen MR) is 105 cm³/mol. The lowest BCUT2D eigenvalue weighted by atomic mass is 10.0. The molecule has 1 heterocycles. The Bertz CT molecular complexity index is 878. The van der Waals surface area contributed by atoms with Gasteiger partial charge in [0.2, 0.25) is 10.0 Å². The highest BCUT2D eigenvalue weighted by Gasteiger charge is 2.40. The van der Waals surface area contributed by atoms with E-state index >= 15 is 0 Å². The summed E-state index contributed by atoms with van der Waals surface area (Å²) in [4.78, 5) is 11.8. The van der Waals surface area contributed by atoms with Crippen LogP contribution in [0.5, 0.6) is 0 Å². The van der Waals surface area contributed by atoms with Crippen LogP contribution in [0.15, 0.2) is 54.6 Å². The molecule has 144 valence electrons. The van der Waals surface area contributed by atoms with Gasteiger partial charge in [-0.1, -0.05) is 42.5 Å². The van der Waals surface area contributed by atoms with Crippen LogP contribution >= 0.6 is 0 Å². The second kappa shape index (κ2) is 8.23. The van der Waals surface area contributed by atoms with Crippen molar-refractivity contribution < 1.29 is 17.9 Å². The van der Waals surface area contributed by atoms with Crippen molar-refractivity contribution in [2.45, 2.75) is 44.5 Å². The van der Waals surface area contributed by atoms with E-state index in [1.165, 1.54) is 0 Å². The zero-order valence-corrected chi connectivity index (χ0v) is 16.5. The molecule has 1 unspecified atom stereocenters. The van der Waals surface area contributed by atoms with Crippen molar-refractivity contribution in [2.75, 3.05) is 6.61 Å². The summed E-state index contributed by atoms with van der Waals surface area (Å²) in [6.45, 7) is 4.34. The topological polar surface area (TPSA) is 63.7 Å². The number of carbonyl (C=O) groups excluding carboxylic acids is 1. The monoisotopic (exact) mass is 387 g/mol. The highest BCUT2D eigenvalue weighted by atomic mass is 32.2. The van der Waals surface area contributed by atoms with Crippen LogP contribution in [0.1, 0.15) is 53.4 Å². The van der Waals surface area contributed by atoms with E-state index in [-0.39, 0.29) is 12.0 Å². The van der Waals surface area contributed by atoms with Gasteiger partial charge in [-0.25, -0.2) is 13.2 Å². The number of ether oxygens (including phenoxy) is 1. The molecule has 0 bridgehead atoms. The van der Waals surface area contributed by atoms with E-state index in [0.29, 0.717) is 25.1 Å². The van der Waals surface area contributed by atoms with Crippen LogP contribution in [0.3, 0.4) is 0 Å². The Morgan fingerprint density at radius 1 is 1.07 bits per heavy atom. The minimum atomic E-state index is -3.46. The maximum Gasteiger partial charge on any atom is 0.338 e. The van der Waals surface area contributed by atoms with Gasteiger partial charge in [-0.2, -0.15) is 4.31 Å².